The summed E-state index contributed by atoms with van der Waals surface area (Å²) in [5, 5.41) is 3.71. The lowest BCUT2D eigenvalue weighted by atomic mass is 10.00. The number of rotatable bonds is 7. The molecule has 1 atom stereocenters. The molecule has 1 aliphatic heterocycles. The van der Waals surface area contributed by atoms with E-state index in [1.54, 1.807) is 20.0 Å². The summed E-state index contributed by atoms with van der Waals surface area (Å²) < 4.78 is 38.1. The molecule has 0 bridgehead atoms. The summed E-state index contributed by atoms with van der Waals surface area (Å²) in [5.41, 5.74) is 0.280. The van der Waals surface area contributed by atoms with Gasteiger partial charge in [0.1, 0.15) is 10.6 Å². The maximum absolute atomic E-state index is 13.0. The summed E-state index contributed by atoms with van der Waals surface area (Å²) in [6.45, 7) is 3.34. The van der Waals surface area contributed by atoms with Crippen LogP contribution >= 0.6 is 22.9 Å². The number of likely N-dealkylation sites (N-methyl/N-ethyl adjacent to an activating group) is 1. The molecular weight excluding hydrogens is 466 g/mol. The predicted octanol–water partition coefficient (Wildman–Crippen LogP) is 2.61. The van der Waals surface area contributed by atoms with Crippen LogP contribution in [-0.4, -0.2) is 61.4 Å². The Kier molecular flexibility index (Phi) is 7.40. The molecule has 0 aromatic carbocycles. The molecule has 0 saturated carbocycles. The smallest absolute Gasteiger partial charge is 0.310 e. The molecule has 1 saturated heterocycles. The van der Waals surface area contributed by atoms with Crippen molar-refractivity contribution in [3.05, 3.63) is 32.8 Å². The monoisotopic (exact) mass is 489 g/mol. The fraction of sp³-hybridized carbons (Fsp3) is 0.526. The van der Waals surface area contributed by atoms with Crippen molar-refractivity contribution >= 4 is 44.8 Å². The van der Waals surface area contributed by atoms with Crippen molar-refractivity contribution in [2.24, 2.45) is 5.92 Å². The minimum Gasteiger partial charge on any atom is -0.455 e. The lowest BCUT2D eigenvalue weighted by Gasteiger charge is -2.30. The van der Waals surface area contributed by atoms with Gasteiger partial charge in [-0.1, -0.05) is 16.8 Å². The van der Waals surface area contributed by atoms with Crippen molar-refractivity contribution in [3.63, 3.8) is 0 Å². The molecule has 9 nitrogen and oxygen atoms in total. The fourth-order valence-corrected chi connectivity index (χ4v) is 6.40. The Morgan fingerprint density at radius 3 is 2.74 bits per heavy atom. The van der Waals surface area contributed by atoms with Gasteiger partial charge in [-0.3, -0.25) is 9.59 Å². The van der Waals surface area contributed by atoms with Crippen LogP contribution in [0.2, 0.25) is 4.34 Å². The zero-order chi connectivity index (χ0) is 22.8. The molecule has 0 radical (unpaired) electrons. The molecule has 0 spiro atoms. The van der Waals surface area contributed by atoms with Crippen LogP contribution in [0.1, 0.15) is 29.2 Å². The molecule has 3 rings (SSSR count). The largest absolute Gasteiger partial charge is 0.455 e. The van der Waals surface area contributed by atoms with Gasteiger partial charge in [0.25, 0.3) is 5.91 Å². The van der Waals surface area contributed by atoms with E-state index in [0.717, 1.165) is 4.88 Å². The van der Waals surface area contributed by atoms with E-state index in [0.29, 0.717) is 30.3 Å². The van der Waals surface area contributed by atoms with Crippen molar-refractivity contribution in [3.8, 4) is 0 Å². The van der Waals surface area contributed by atoms with Crippen molar-refractivity contribution in [2.75, 3.05) is 26.7 Å². The standard InChI is InChI=1S/C19H24ClN3O6S2/c1-12-18(13(2)29-21-12)31(26,27)23-8-4-5-14(9-23)19(25)28-11-17(24)22(3)10-15-6-7-16(20)30-15/h6-7,14H,4-5,8-11H2,1-3H3. The first-order valence-electron chi connectivity index (χ1n) is 9.67. The van der Waals surface area contributed by atoms with Crippen LogP contribution in [-0.2, 0) is 30.9 Å². The Balaban J connectivity index is 1.56. The number of piperidine rings is 1. The highest BCUT2D eigenvalue weighted by Crippen LogP contribution is 2.28. The zero-order valence-electron chi connectivity index (χ0n) is 17.5. The van der Waals surface area contributed by atoms with Crippen molar-refractivity contribution in [1.29, 1.82) is 0 Å². The number of hydrogen-bond donors (Lipinski definition) is 0. The second kappa shape index (κ2) is 9.68. The minimum absolute atomic E-state index is 0.0110. The second-order valence-corrected chi connectivity index (χ2v) is 11.1. The van der Waals surface area contributed by atoms with E-state index in [-0.39, 0.29) is 28.8 Å². The third-order valence-corrected chi connectivity index (χ3v) is 8.39. The lowest BCUT2D eigenvalue weighted by Crippen LogP contribution is -2.43. The molecule has 1 fully saturated rings. The number of carbonyl (C=O) groups is 2. The summed E-state index contributed by atoms with van der Waals surface area (Å²) in [6, 6.07) is 3.59. The van der Waals surface area contributed by atoms with Gasteiger partial charge in [0.2, 0.25) is 10.0 Å². The number of nitrogens with zero attached hydrogens (tertiary/aromatic N) is 3. The van der Waals surface area contributed by atoms with Gasteiger partial charge >= 0.3 is 5.97 Å². The SMILES string of the molecule is Cc1noc(C)c1S(=O)(=O)N1CCCC(C(=O)OCC(=O)N(C)Cc2ccc(Cl)s2)C1. The van der Waals surface area contributed by atoms with Crippen molar-refractivity contribution in [1.82, 2.24) is 14.4 Å². The number of aromatic nitrogens is 1. The average Bonchev–Trinajstić information content (AvgIpc) is 3.30. The van der Waals surface area contributed by atoms with E-state index in [4.69, 9.17) is 20.9 Å². The van der Waals surface area contributed by atoms with Gasteiger partial charge in [0.05, 0.1) is 16.8 Å². The minimum atomic E-state index is -3.84. The third kappa shape index (κ3) is 5.46. The first-order chi connectivity index (χ1) is 14.6. The molecule has 1 unspecified atom stereocenters. The second-order valence-electron chi connectivity index (χ2n) is 7.42. The normalized spacial score (nSPS) is 17.5. The Bertz CT molecular complexity index is 1050. The summed E-state index contributed by atoms with van der Waals surface area (Å²) in [7, 11) is -2.23. The van der Waals surface area contributed by atoms with Gasteiger partial charge in [-0.05, 0) is 38.8 Å². The zero-order valence-corrected chi connectivity index (χ0v) is 19.8. The highest BCUT2D eigenvalue weighted by Gasteiger charge is 2.37. The van der Waals surface area contributed by atoms with E-state index in [1.807, 2.05) is 6.07 Å². The van der Waals surface area contributed by atoms with Crippen LogP contribution in [0.3, 0.4) is 0 Å². The van der Waals surface area contributed by atoms with Crippen molar-refractivity contribution in [2.45, 2.75) is 38.1 Å². The molecule has 1 aliphatic rings. The summed E-state index contributed by atoms with van der Waals surface area (Å²) in [5.74, 6) is -1.37. The van der Waals surface area contributed by atoms with Gasteiger partial charge in [-0.15, -0.1) is 11.3 Å². The number of thiophene rings is 1. The van der Waals surface area contributed by atoms with Gasteiger partial charge in [0.15, 0.2) is 12.4 Å². The van der Waals surface area contributed by atoms with E-state index < -0.39 is 28.5 Å². The molecule has 3 heterocycles. The van der Waals surface area contributed by atoms with E-state index in [9.17, 15) is 18.0 Å². The van der Waals surface area contributed by atoms with Crippen LogP contribution in [0.25, 0.3) is 0 Å². The first-order valence-corrected chi connectivity index (χ1v) is 12.3. The van der Waals surface area contributed by atoms with Crippen LogP contribution in [0, 0.1) is 19.8 Å². The average molecular weight is 490 g/mol. The maximum atomic E-state index is 13.0. The Hall–Kier alpha value is -1.95. The van der Waals surface area contributed by atoms with Crippen LogP contribution in [0.4, 0.5) is 0 Å². The Labute approximate surface area is 189 Å². The molecule has 0 N–H and O–H groups in total. The number of aryl methyl sites for hydroxylation is 2. The number of amides is 1. The number of carbonyl (C=O) groups excluding carboxylic acids is 2. The van der Waals surface area contributed by atoms with Crippen molar-refractivity contribution < 1.29 is 27.3 Å². The molecular formula is C19H24ClN3O6S2. The number of hydrogen-bond acceptors (Lipinski definition) is 8. The number of ether oxygens (including phenoxy) is 1. The molecule has 2 aromatic heterocycles. The van der Waals surface area contributed by atoms with Gasteiger partial charge in [-0.25, -0.2) is 8.42 Å². The molecule has 31 heavy (non-hydrogen) atoms. The van der Waals surface area contributed by atoms with Gasteiger partial charge in [0, 0.05) is 25.0 Å². The summed E-state index contributed by atoms with van der Waals surface area (Å²) >= 11 is 7.27. The van der Waals surface area contributed by atoms with E-state index in [2.05, 4.69) is 5.16 Å². The summed E-state index contributed by atoms with van der Waals surface area (Å²) in [6.07, 6.45) is 1.000. The number of esters is 1. The van der Waals surface area contributed by atoms with Gasteiger partial charge < -0.3 is 14.2 Å². The maximum Gasteiger partial charge on any atom is 0.310 e. The van der Waals surface area contributed by atoms with E-state index in [1.165, 1.54) is 27.5 Å². The Morgan fingerprint density at radius 1 is 1.39 bits per heavy atom. The quantitative estimate of drug-likeness (QED) is 0.549. The highest BCUT2D eigenvalue weighted by molar-refractivity contribution is 7.89. The van der Waals surface area contributed by atoms with E-state index >= 15 is 0 Å². The topological polar surface area (TPSA) is 110 Å². The molecule has 0 aliphatic carbocycles. The molecule has 170 valence electrons. The third-order valence-electron chi connectivity index (χ3n) is 5.07. The predicted molar refractivity (Wildman–Crippen MR) is 114 cm³/mol. The molecule has 1 amide bonds. The molecule has 12 heteroatoms. The van der Waals surface area contributed by atoms with Gasteiger partial charge in [-0.2, -0.15) is 4.31 Å². The number of sulfonamides is 1. The Morgan fingerprint density at radius 2 is 2.13 bits per heavy atom. The molecule has 2 aromatic rings. The highest BCUT2D eigenvalue weighted by atomic mass is 35.5. The van der Waals surface area contributed by atoms with Crippen LogP contribution < -0.4 is 0 Å². The van der Waals surface area contributed by atoms with Crippen LogP contribution in [0.15, 0.2) is 21.6 Å². The number of halogens is 1. The lowest BCUT2D eigenvalue weighted by molar-refractivity contribution is -0.156. The van der Waals surface area contributed by atoms with Crippen LogP contribution in [0.5, 0.6) is 0 Å². The first kappa shape index (κ1) is 23.7. The fourth-order valence-electron chi connectivity index (χ4n) is 3.44. The summed E-state index contributed by atoms with van der Waals surface area (Å²) in [4.78, 5) is 27.2.